The normalized spacial score (nSPS) is 10.5. The second-order valence-electron chi connectivity index (χ2n) is 6.43. The molecule has 4 aromatic rings. The summed E-state index contributed by atoms with van der Waals surface area (Å²) in [6, 6.07) is 15.9. The van der Waals surface area contributed by atoms with E-state index < -0.39 is 11.8 Å². The smallest absolute Gasteiger partial charge is 0.290 e. The molecule has 2 aromatic heterocycles. The van der Waals surface area contributed by atoms with Crippen molar-refractivity contribution >= 4 is 11.8 Å². The highest BCUT2D eigenvalue weighted by Gasteiger charge is 2.14. The molecular weight excluding hydrogens is 403 g/mol. The third-order valence-electron chi connectivity index (χ3n) is 4.41. The van der Waals surface area contributed by atoms with E-state index in [1.54, 1.807) is 31.5 Å². The van der Waals surface area contributed by atoms with Gasteiger partial charge in [-0.1, -0.05) is 0 Å². The number of nitrogens with one attached hydrogen (secondary N) is 3. The van der Waals surface area contributed by atoms with Gasteiger partial charge in [-0.2, -0.15) is 10.2 Å². The third kappa shape index (κ3) is 4.42. The summed E-state index contributed by atoms with van der Waals surface area (Å²) in [6.07, 6.45) is 1.56. The number of hydrogen-bond donors (Lipinski definition) is 3. The van der Waals surface area contributed by atoms with Gasteiger partial charge in [-0.05, 0) is 60.7 Å². The molecule has 0 saturated heterocycles. The molecule has 0 bridgehead atoms. The molecule has 2 aromatic carbocycles. The van der Waals surface area contributed by atoms with Crippen molar-refractivity contribution in [3.63, 3.8) is 0 Å². The predicted octanol–water partition coefficient (Wildman–Crippen LogP) is 2.48. The van der Waals surface area contributed by atoms with Gasteiger partial charge in [0.05, 0.1) is 18.5 Å². The van der Waals surface area contributed by atoms with Crippen LogP contribution in [0.4, 0.5) is 4.39 Å². The van der Waals surface area contributed by atoms with Crippen LogP contribution in [0.1, 0.15) is 21.0 Å². The fraction of sp³-hybridized carbons (Fsp3) is 0.0476. The van der Waals surface area contributed by atoms with Gasteiger partial charge < -0.3 is 4.74 Å². The van der Waals surface area contributed by atoms with Crippen LogP contribution in [0, 0.1) is 5.82 Å². The van der Waals surface area contributed by atoms with E-state index in [-0.39, 0.29) is 17.2 Å². The van der Waals surface area contributed by atoms with Crippen molar-refractivity contribution in [3.8, 4) is 22.7 Å². The molecule has 4 rings (SSSR count). The lowest BCUT2D eigenvalue weighted by Gasteiger charge is -2.04. The number of benzene rings is 2. The number of amides is 2. The molecule has 0 aliphatic rings. The minimum Gasteiger partial charge on any atom is -0.497 e. The predicted molar refractivity (Wildman–Crippen MR) is 109 cm³/mol. The van der Waals surface area contributed by atoms with E-state index in [1.807, 2.05) is 12.1 Å². The molecule has 10 heteroatoms. The number of rotatable bonds is 5. The summed E-state index contributed by atoms with van der Waals surface area (Å²) in [5.41, 5.74) is 6.81. The van der Waals surface area contributed by atoms with Crippen LogP contribution < -0.4 is 15.6 Å². The van der Waals surface area contributed by atoms with Crippen molar-refractivity contribution in [2.24, 2.45) is 0 Å². The van der Waals surface area contributed by atoms with Gasteiger partial charge in [0.15, 0.2) is 5.69 Å². The Balaban J connectivity index is 1.37. The molecule has 0 aliphatic heterocycles. The Kier molecular flexibility index (Phi) is 5.43. The van der Waals surface area contributed by atoms with Crippen LogP contribution in [0.5, 0.6) is 5.75 Å². The average Bonchev–Trinajstić information content (AvgIpc) is 3.48. The van der Waals surface area contributed by atoms with E-state index >= 15 is 0 Å². The molecule has 2 heterocycles. The van der Waals surface area contributed by atoms with Crippen LogP contribution in [0.2, 0.25) is 0 Å². The number of hydrogen-bond acceptors (Lipinski definition) is 5. The van der Waals surface area contributed by atoms with Crippen molar-refractivity contribution < 1.29 is 18.7 Å². The quantitative estimate of drug-likeness (QED) is 0.429. The number of carbonyl (C=O) groups excluding carboxylic acids is 2. The molecule has 0 fully saturated rings. The Morgan fingerprint density at radius 2 is 1.71 bits per heavy atom. The number of methoxy groups -OCH3 is 1. The first-order valence-corrected chi connectivity index (χ1v) is 9.15. The maximum atomic E-state index is 13.0. The topological polar surface area (TPSA) is 114 Å². The van der Waals surface area contributed by atoms with Gasteiger partial charge in [-0.3, -0.25) is 25.5 Å². The number of carbonyl (C=O) groups is 2. The van der Waals surface area contributed by atoms with Crippen molar-refractivity contribution in [3.05, 3.63) is 84.1 Å². The molecule has 2 amide bonds. The van der Waals surface area contributed by atoms with Gasteiger partial charge in [-0.25, -0.2) is 9.07 Å². The lowest BCUT2D eigenvalue weighted by atomic mass is 10.1. The number of hydrazine groups is 1. The van der Waals surface area contributed by atoms with Crippen LogP contribution in [-0.2, 0) is 0 Å². The zero-order valence-electron chi connectivity index (χ0n) is 16.3. The van der Waals surface area contributed by atoms with E-state index in [2.05, 4.69) is 26.1 Å². The number of aromatic amines is 1. The van der Waals surface area contributed by atoms with Gasteiger partial charge in [0.1, 0.15) is 17.3 Å². The Labute approximate surface area is 175 Å². The lowest BCUT2D eigenvalue weighted by molar-refractivity contribution is 0.0841. The van der Waals surface area contributed by atoms with E-state index in [9.17, 15) is 14.0 Å². The standard InChI is InChI=1S/C21H17FN6O3/c1-31-16-8-2-13(3-9-16)18-12-19(24-23-18)21(30)26-25-20(29)17-10-11-28(27-17)15-6-4-14(22)5-7-15/h2-12H,1H3,(H,23,24)(H,25,29)(H,26,30). The average molecular weight is 420 g/mol. The number of H-pyrrole nitrogens is 1. The lowest BCUT2D eigenvalue weighted by Crippen LogP contribution is -2.42. The molecule has 31 heavy (non-hydrogen) atoms. The van der Waals surface area contributed by atoms with Crippen LogP contribution in [0.15, 0.2) is 66.9 Å². The van der Waals surface area contributed by atoms with Gasteiger partial charge >= 0.3 is 0 Å². The van der Waals surface area contributed by atoms with Crippen molar-refractivity contribution in [1.29, 1.82) is 0 Å². The van der Waals surface area contributed by atoms with Crippen LogP contribution >= 0.6 is 0 Å². The molecule has 156 valence electrons. The van der Waals surface area contributed by atoms with Crippen LogP contribution in [0.3, 0.4) is 0 Å². The number of halogens is 1. The molecule has 0 unspecified atom stereocenters. The number of nitrogens with zero attached hydrogens (tertiary/aromatic N) is 3. The first-order valence-electron chi connectivity index (χ1n) is 9.15. The van der Waals surface area contributed by atoms with Gasteiger partial charge in [-0.15, -0.1) is 0 Å². The van der Waals surface area contributed by atoms with Crippen molar-refractivity contribution in [2.75, 3.05) is 7.11 Å². The highest BCUT2D eigenvalue weighted by molar-refractivity contribution is 5.97. The van der Waals surface area contributed by atoms with E-state index in [0.29, 0.717) is 17.1 Å². The first kappa shape index (κ1) is 19.8. The summed E-state index contributed by atoms with van der Waals surface area (Å²) in [5.74, 6) is -0.838. The molecule has 0 saturated carbocycles. The fourth-order valence-electron chi connectivity index (χ4n) is 2.78. The van der Waals surface area contributed by atoms with Gasteiger partial charge in [0, 0.05) is 11.8 Å². The largest absolute Gasteiger partial charge is 0.497 e. The number of aromatic nitrogens is 4. The summed E-state index contributed by atoms with van der Waals surface area (Å²) in [6.45, 7) is 0. The summed E-state index contributed by atoms with van der Waals surface area (Å²) in [5, 5.41) is 10.9. The van der Waals surface area contributed by atoms with Crippen molar-refractivity contribution in [2.45, 2.75) is 0 Å². The first-order chi connectivity index (χ1) is 15.0. The van der Waals surface area contributed by atoms with Gasteiger partial charge in [0.2, 0.25) is 0 Å². The zero-order chi connectivity index (χ0) is 21.8. The monoisotopic (exact) mass is 420 g/mol. The minimum atomic E-state index is -0.607. The van der Waals surface area contributed by atoms with E-state index in [0.717, 1.165) is 5.56 Å². The maximum Gasteiger partial charge on any atom is 0.290 e. The third-order valence-corrected chi connectivity index (χ3v) is 4.41. The van der Waals surface area contributed by atoms with E-state index in [4.69, 9.17) is 4.74 Å². The highest BCUT2D eigenvalue weighted by atomic mass is 19.1. The second kappa shape index (κ2) is 8.49. The molecule has 0 radical (unpaired) electrons. The molecule has 0 aliphatic carbocycles. The summed E-state index contributed by atoms with van der Waals surface area (Å²) < 4.78 is 19.6. The Morgan fingerprint density at radius 3 is 2.42 bits per heavy atom. The highest BCUT2D eigenvalue weighted by Crippen LogP contribution is 2.21. The Hall–Kier alpha value is -4.47. The SMILES string of the molecule is COc1ccc(-c2cc(C(=O)NNC(=O)c3ccn(-c4ccc(F)cc4)n3)[nH]n2)cc1. The summed E-state index contributed by atoms with van der Waals surface area (Å²) in [7, 11) is 1.58. The summed E-state index contributed by atoms with van der Waals surface area (Å²) >= 11 is 0. The Morgan fingerprint density at radius 1 is 1.00 bits per heavy atom. The molecule has 9 nitrogen and oxygen atoms in total. The Bertz CT molecular complexity index is 1210. The van der Waals surface area contributed by atoms with Crippen LogP contribution in [-0.4, -0.2) is 38.9 Å². The fourth-order valence-corrected chi connectivity index (χ4v) is 2.78. The van der Waals surface area contributed by atoms with Crippen LogP contribution in [0.25, 0.3) is 16.9 Å². The zero-order valence-corrected chi connectivity index (χ0v) is 16.3. The maximum absolute atomic E-state index is 13.0. The van der Waals surface area contributed by atoms with Crippen molar-refractivity contribution in [1.82, 2.24) is 30.8 Å². The van der Waals surface area contributed by atoms with E-state index in [1.165, 1.54) is 35.0 Å². The molecule has 0 spiro atoms. The number of ether oxygens (including phenoxy) is 1. The second-order valence-corrected chi connectivity index (χ2v) is 6.43. The molecule has 0 atom stereocenters. The molecular formula is C21H17FN6O3. The molecule has 3 N–H and O–H groups in total. The van der Waals surface area contributed by atoms with Gasteiger partial charge in [0.25, 0.3) is 11.8 Å². The minimum absolute atomic E-state index is 0.0770. The summed E-state index contributed by atoms with van der Waals surface area (Å²) in [4.78, 5) is 24.6.